The number of thiazole rings is 1. The van der Waals surface area contributed by atoms with Gasteiger partial charge in [-0.2, -0.15) is 0 Å². The Hall–Kier alpha value is -2.21. The van der Waals surface area contributed by atoms with E-state index in [2.05, 4.69) is 10.3 Å². The Labute approximate surface area is 132 Å². The summed E-state index contributed by atoms with van der Waals surface area (Å²) in [7, 11) is 0. The van der Waals surface area contributed by atoms with Gasteiger partial charge >= 0.3 is 5.97 Å². The Morgan fingerprint density at radius 3 is 2.64 bits per heavy atom. The number of nitrogens with zero attached hydrogens (tertiary/aromatic N) is 1. The third-order valence-corrected chi connectivity index (χ3v) is 4.89. The zero-order valence-electron chi connectivity index (χ0n) is 12.1. The number of hydrogen-bond donors (Lipinski definition) is 2. The smallest absolute Gasteiger partial charge is 0.348 e. The van der Waals surface area contributed by atoms with E-state index in [9.17, 15) is 14.7 Å². The van der Waals surface area contributed by atoms with E-state index in [0.29, 0.717) is 10.8 Å². The first-order valence-corrected chi connectivity index (χ1v) is 7.99. The lowest BCUT2D eigenvalue weighted by Crippen LogP contribution is -2.27. The number of carbonyl (C=O) groups is 2. The number of hydrogen-bond acceptors (Lipinski definition) is 4. The normalized spacial score (nSPS) is 14.4. The molecule has 0 unspecified atom stereocenters. The van der Waals surface area contributed by atoms with Crippen LogP contribution in [0, 0.1) is 12.8 Å². The molecule has 0 bridgehead atoms. The Balaban J connectivity index is 1.94. The van der Waals surface area contributed by atoms with Crippen LogP contribution in [0.25, 0.3) is 11.3 Å². The Kier molecular flexibility index (Phi) is 3.94. The van der Waals surface area contributed by atoms with Gasteiger partial charge in [-0.25, -0.2) is 9.78 Å². The number of benzene rings is 1. The van der Waals surface area contributed by atoms with Crippen LogP contribution in [-0.4, -0.2) is 22.0 Å². The standard InChI is InChI=1S/C16H16N2O3S/c1-9-5-2-3-8-11(9)12-13(15(20)21)22-16(17-12)18-14(19)10-6-4-7-10/h2-3,5,8,10H,4,6-7H2,1H3,(H,20,21)(H,17,18,19). The van der Waals surface area contributed by atoms with Crippen molar-refractivity contribution in [3.63, 3.8) is 0 Å². The van der Waals surface area contributed by atoms with Crippen molar-refractivity contribution in [3.8, 4) is 11.3 Å². The molecule has 114 valence electrons. The van der Waals surface area contributed by atoms with Crippen LogP contribution < -0.4 is 5.32 Å². The molecular formula is C16H16N2O3S. The summed E-state index contributed by atoms with van der Waals surface area (Å²) in [6.45, 7) is 1.91. The number of aryl methyl sites for hydroxylation is 1. The molecular weight excluding hydrogens is 300 g/mol. The minimum atomic E-state index is -1.03. The lowest BCUT2D eigenvalue weighted by atomic mass is 9.85. The second-order valence-electron chi connectivity index (χ2n) is 5.43. The van der Waals surface area contributed by atoms with Crippen LogP contribution in [0.1, 0.15) is 34.5 Å². The molecule has 0 radical (unpaired) electrons. The molecule has 1 aliphatic rings. The van der Waals surface area contributed by atoms with Crippen LogP contribution in [0.15, 0.2) is 24.3 Å². The molecule has 1 saturated carbocycles. The largest absolute Gasteiger partial charge is 0.477 e. The monoisotopic (exact) mass is 316 g/mol. The molecule has 1 heterocycles. The average molecular weight is 316 g/mol. The number of rotatable bonds is 4. The first kappa shape index (κ1) is 14.7. The highest BCUT2D eigenvalue weighted by molar-refractivity contribution is 7.18. The molecule has 1 aliphatic carbocycles. The second kappa shape index (κ2) is 5.88. The van der Waals surface area contributed by atoms with Gasteiger partial charge < -0.3 is 10.4 Å². The van der Waals surface area contributed by atoms with E-state index in [4.69, 9.17) is 0 Å². The van der Waals surface area contributed by atoms with Crippen molar-refractivity contribution in [2.24, 2.45) is 5.92 Å². The lowest BCUT2D eigenvalue weighted by Gasteiger charge is -2.23. The van der Waals surface area contributed by atoms with E-state index in [1.807, 2.05) is 31.2 Å². The van der Waals surface area contributed by atoms with Gasteiger partial charge in [0.05, 0.1) is 5.69 Å². The summed E-state index contributed by atoms with van der Waals surface area (Å²) in [6.07, 6.45) is 2.87. The fourth-order valence-electron chi connectivity index (χ4n) is 2.42. The van der Waals surface area contributed by atoms with E-state index in [-0.39, 0.29) is 16.7 Å². The van der Waals surface area contributed by atoms with E-state index in [1.165, 1.54) is 0 Å². The van der Waals surface area contributed by atoms with Crippen molar-refractivity contribution in [1.82, 2.24) is 4.98 Å². The topological polar surface area (TPSA) is 79.3 Å². The molecule has 0 atom stereocenters. The summed E-state index contributed by atoms with van der Waals surface area (Å²) in [6, 6.07) is 7.49. The second-order valence-corrected chi connectivity index (χ2v) is 6.43. The van der Waals surface area contributed by atoms with Gasteiger partial charge in [-0.3, -0.25) is 4.79 Å². The third-order valence-electron chi connectivity index (χ3n) is 3.93. The molecule has 3 rings (SSSR count). The molecule has 2 N–H and O–H groups in total. The summed E-state index contributed by atoms with van der Waals surface area (Å²) in [5, 5.41) is 12.5. The van der Waals surface area contributed by atoms with Crippen LogP contribution in [0.2, 0.25) is 0 Å². The van der Waals surface area contributed by atoms with Crippen molar-refractivity contribution < 1.29 is 14.7 Å². The summed E-state index contributed by atoms with van der Waals surface area (Å²) >= 11 is 1.01. The Morgan fingerprint density at radius 2 is 2.05 bits per heavy atom. The highest BCUT2D eigenvalue weighted by Gasteiger charge is 2.27. The van der Waals surface area contributed by atoms with Gasteiger partial charge in [0.1, 0.15) is 4.88 Å². The molecule has 1 aromatic heterocycles. The molecule has 0 spiro atoms. The zero-order valence-corrected chi connectivity index (χ0v) is 12.9. The highest BCUT2D eigenvalue weighted by atomic mass is 32.1. The summed E-state index contributed by atoms with van der Waals surface area (Å²) in [5.41, 5.74) is 2.15. The summed E-state index contributed by atoms with van der Waals surface area (Å²) < 4.78 is 0. The predicted molar refractivity (Wildman–Crippen MR) is 85.2 cm³/mol. The SMILES string of the molecule is Cc1ccccc1-c1nc(NC(=O)C2CCC2)sc1C(=O)O. The van der Waals surface area contributed by atoms with Gasteiger partial charge in [-0.1, -0.05) is 42.0 Å². The van der Waals surface area contributed by atoms with Crippen LogP contribution >= 0.6 is 11.3 Å². The number of carbonyl (C=O) groups excluding carboxylic acids is 1. The van der Waals surface area contributed by atoms with Crippen LogP contribution in [-0.2, 0) is 4.79 Å². The van der Waals surface area contributed by atoms with Gasteiger partial charge in [0.15, 0.2) is 5.13 Å². The maximum Gasteiger partial charge on any atom is 0.348 e. The minimum Gasteiger partial charge on any atom is -0.477 e. The van der Waals surface area contributed by atoms with Crippen molar-refractivity contribution in [3.05, 3.63) is 34.7 Å². The predicted octanol–water partition coefficient (Wildman–Crippen LogP) is 3.56. The highest BCUT2D eigenvalue weighted by Crippen LogP contribution is 2.34. The van der Waals surface area contributed by atoms with Crippen LogP contribution in [0.4, 0.5) is 5.13 Å². The van der Waals surface area contributed by atoms with Crippen molar-refractivity contribution >= 4 is 28.3 Å². The number of nitrogens with one attached hydrogen (secondary N) is 1. The maximum absolute atomic E-state index is 12.0. The van der Waals surface area contributed by atoms with E-state index in [1.54, 1.807) is 0 Å². The first-order valence-electron chi connectivity index (χ1n) is 7.17. The summed E-state index contributed by atoms with van der Waals surface area (Å²) in [4.78, 5) is 28.0. The molecule has 1 fully saturated rings. The Morgan fingerprint density at radius 1 is 1.32 bits per heavy atom. The van der Waals surface area contributed by atoms with E-state index >= 15 is 0 Å². The first-order chi connectivity index (χ1) is 10.6. The molecule has 5 nitrogen and oxygen atoms in total. The van der Waals surface area contributed by atoms with Gasteiger partial charge in [0.25, 0.3) is 0 Å². The number of aromatic carboxylic acids is 1. The number of carboxylic acid groups (broad SMARTS) is 1. The fraction of sp³-hybridized carbons (Fsp3) is 0.312. The summed E-state index contributed by atoms with van der Waals surface area (Å²) in [5.74, 6) is -1.05. The van der Waals surface area contributed by atoms with Gasteiger partial charge in [-0.05, 0) is 25.3 Å². The molecule has 2 aromatic rings. The Bertz CT molecular complexity index is 735. The molecule has 1 amide bonds. The molecule has 22 heavy (non-hydrogen) atoms. The van der Waals surface area contributed by atoms with E-state index < -0.39 is 5.97 Å². The zero-order chi connectivity index (χ0) is 15.7. The van der Waals surface area contributed by atoms with E-state index in [0.717, 1.165) is 41.7 Å². The van der Waals surface area contributed by atoms with Crippen molar-refractivity contribution in [1.29, 1.82) is 0 Å². The van der Waals surface area contributed by atoms with Crippen molar-refractivity contribution in [2.75, 3.05) is 5.32 Å². The quantitative estimate of drug-likeness (QED) is 0.904. The number of anilines is 1. The molecule has 0 saturated heterocycles. The molecule has 6 heteroatoms. The average Bonchev–Trinajstić information content (AvgIpc) is 2.81. The molecule has 0 aliphatic heterocycles. The lowest BCUT2D eigenvalue weighted by molar-refractivity contribution is -0.122. The minimum absolute atomic E-state index is 0.0408. The van der Waals surface area contributed by atoms with Gasteiger partial charge in [0, 0.05) is 11.5 Å². The van der Waals surface area contributed by atoms with Gasteiger partial charge in [-0.15, -0.1) is 0 Å². The van der Waals surface area contributed by atoms with Crippen LogP contribution in [0.5, 0.6) is 0 Å². The van der Waals surface area contributed by atoms with Gasteiger partial charge in [0.2, 0.25) is 5.91 Å². The van der Waals surface area contributed by atoms with Crippen LogP contribution in [0.3, 0.4) is 0 Å². The number of carboxylic acids is 1. The molecule has 1 aromatic carbocycles. The number of aromatic nitrogens is 1. The third kappa shape index (κ3) is 2.74. The van der Waals surface area contributed by atoms with Crippen molar-refractivity contribution in [2.45, 2.75) is 26.2 Å². The number of amides is 1. The maximum atomic E-state index is 12.0. The fourth-order valence-corrected chi connectivity index (χ4v) is 3.24.